The number of carbonyl (C=O) groups is 2. The van der Waals surface area contributed by atoms with Crippen molar-refractivity contribution in [1.82, 2.24) is 20.1 Å². The zero-order valence-corrected chi connectivity index (χ0v) is 17.7. The molecule has 31 heavy (non-hydrogen) atoms. The lowest BCUT2D eigenvalue weighted by Crippen LogP contribution is -2.30. The number of amides is 2. The van der Waals surface area contributed by atoms with Crippen LogP contribution in [0.2, 0.25) is 0 Å². The lowest BCUT2D eigenvalue weighted by atomic mass is 10.1. The van der Waals surface area contributed by atoms with Gasteiger partial charge in [-0.1, -0.05) is 6.07 Å². The third-order valence-electron chi connectivity index (χ3n) is 4.11. The van der Waals surface area contributed by atoms with Gasteiger partial charge in [0.05, 0.1) is 30.1 Å². The molecule has 162 valence electrons. The Labute approximate surface area is 180 Å². The van der Waals surface area contributed by atoms with Crippen LogP contribution in [0.15, 0.2) is 55.0 Å². The fourth-order valence-corrected chi connectivity index (χ4v) is 2.72. The highest BCUT2D eigenvalue weighted by molar-refractivity contribution is 6.06. The summed E-state index contributed by atoms with van der Waals surface area (Å²) in [6.07, 6.45) is 4.21. The standard InChI is InChI=1S/C22H25N5O4/c1-15(2)30-19-13-16(3)5-7-18(19)21(28)26-17-6-8-20(24-14-17)31-22(29)23-10-12-27-11-4-9-25-27/h4-9,11,13-15H,10,12H2,1-3H3,(H,23,29)(H,26,28). The van der Waals surface area contributed by atoms with Crippen LogP contribution in [0.4, 0.5) is 10.5 Å². The monoisotopic (exact) mass is 423 g/mol. The number of benzene rings is 1. The Hall–Kier alpha value is -3.88. The largest absolute Gasteiger partial charge is 0.490 e. The molecule has 0 bridgehead atoms. The number of nitrogens with one attached hydrogen (secondary N) is 2. The SMILES string of the molecule is Cc1ccc(C(=O)Nc2ccc(OC(=O)NCCn3cccn3)nc2)c(OC(C)C)c1. The van der Waals surface area contributed by atoms with E-state index in [1.54, 1.807) is 35.3 Å². The van der Waals surface area contributed by atoms with Crippen molar-refractivity contribution in [3.63, 3.8) is 0 Å². The zero-order valence-electron chi connectivity index (χ0n) is 17.7. The van der Waals surface area contributed by atoms with Crippen molar-refractivity contribution in [3.8, 4) is 11.6 Å². The maximum absolute atomic E-state index is 12.7. The molecule has 2 aromatic heterocycles. The summed E-state index contributed by atoms with van der Waals surface area (Å²) in [4.78, 5) is 28.6. The number of anilines is 1. The molecule has 0 spiro atoms. The van der Waals surface area contributed by atoms with Gasteiger partial charge in [-0.2, -0.15) is 5.10 Å². The van der Waals surface area contributed by atoms with Gasteiger partial charge in [0.15, 0.2) is 0 Å². The molecular weight excluding hydrogens is 398 g/mol. The summed E-state index contributed by atoms with van der Waals surface area (Å²) in [6, 6.07) is 10.3. The van der Waals surface area contributed by atoms with E-state index >= 15 is 0 Å². The van der Waals surface area contributed by atoms with Crippen molar-refractivity contribution in [2.75, 3.05) is 11.9 Å². The van der Waals surface area contributed by atoms with Gasteiger partial charge in [-0.3, -0.25) is 9.48 Å². The van der Waals surface area contributed by atoms with Gasteiger partial charge in [-0.15, -0.1) is 0 Å². The summed E-state index contributed by atoms with van der Waals surface area (Å²) in [5.74, 6) is 0.323. The fraction of sp³-hybridized carbons (Fsp3) is 0.273. The second kappa shape index (κ2) is 10.2. The molecule has 0 aliphatic rings. The van der Waals surface area contributed by atoms with Crippen LogP contribution in [0.25, 0.3) is 0 Å². The van der Waals surface area contributed by atoms with Crippen molar-refractivity contribution in [2.24, 2.45) is 0 Å². The van der Waals surface area contributed by atoms with E-state index in [1.807, 2.05) is 32.9 Å². The van der Waals surface area contributed by atoms with E-state index in [0.717, 1.165) is 5.56 Å². The molecular formula is C22H25N5O4. The molecule has 0 radical (unpaired) electrons. The molecule has 0 aliphatic carbocycles. The minimum atomic E-state index is -0.619. The molecule has 3 aromatic rings. The molecule has 2 N–H and O–H groups in total. The Bertz CT molecular complexity index is 1020. The van der Waals surface area contributed by atoms with Gasteiger partial charge in [-0.25, -0.2) is 9.78 Å². The summed E-state index contributed by atoms with van der Waals surface area (Å²) in [5.41, 5.74) is 1.89. The van der Waals surface area contributed by atoms with E-state index in [2.05, 4.69) is 20.7 Å². The normalized spacial score (nSPS) is 10.6. The van der Waals surface area contributed by atoms with Crippen molar-refractivity contribution >= 4 is 17.7 Å². The van der Waals surface area contributed by atoms with Crippen LogP contribution in [0.1, 0.15) is 29.8 Å². The maximum Gasteiger partial charge on any atom is 0.414 e. The molecule has 9 heteroatoms. The first-order valence-electron chi connectivity index (χ1n) is 9.88. The Morgan fingerprint density at radius 1 is 1.19 bits per heavy atom. The van der Waals surface area contributed by atoms with Gasteiger partial charge in [0.1, 0.15) is 5.75 Å². The maximum atomic E-state index is 12.7. The molecule has 9 nitrogen and oxygen atoms in total. The Morgan fingerprint density at radius 3 is 2.71 bits per heavy atom. The predicted molar refractivity (Wildman–Crippen MR) is 115 cm³/mol. The number of nitrogens with zero attached hydrogens (tertiary/aromatic N) is 3. The van der Waals surface area contributed by atoms with Gasteiger partial charge in [0.2, 0.25) is 5.88 Å². The van der Waals surface area contributed by atoms with Crippen molar-refractivity contribution in [2.45, 2.75) is 33.4 Å². The Balaban J connectivity index is 1.54. The molecule has 2 heterocycles. The lowest BCUT2D eigenvalue weighted by Gasteiger charge is -2.15. The van der Waals surface area contributed by atoms with Gasteiger partial charge < -0.3 is 20.1 Å². The van der Waals surface area contributed by atoms with Gasteiger partial charge in [0.25, 0.3) is 5.91 Å². The number of aromatic nitrogens is 3. The van der Waals surface area contributed by atoms with Crippen molar-refractivity contribution in [3.05, 3.63) is 66.1 Å². The van der Waals surface area contributed by atoms with Crippen LogP contribution in [-0.4, -0.2) is 39.4 Å². The summed E-state index contributed by atoms with van der Waals surface area (Å²) in [6.45, 7) is 6.64. The van der Waals surface area contributed by atoms with Crippen LogP contribution < -0.4 is 20.1 Å². The second-order valence-electron chi connectivity index (χ2n) is 7.09. The fourth-order valence-electron chi connectivity index (χ4n) is 2.72. The molecule has 0 atom stereocenters. The molecule has 3 rings (SSSR count). The quantitative estimate of drug-likeness (QED) is 0.575. The van der Waals surface area contributed by atoms with E-state index in [-0.39, 0.29) is 17.9 Å². The van der Waals surface area contributed by atoms with E-state index in [1.165, 1.54) is 12.3 Å². The molecule has 0 aliphatic heterocycles. The Morgan fingerprint density at radius 2 is 2.03 bits per heavy atom. The van der Waals surface area contributed by atoms with Gasteiger partial charge in [0, 0.05) is 25.0 Å². The first kappa shape index (κ1) is 21.8. The number of hydrogen-bond donors (Lipinski definition) is 2. The lowest BCUT2D eigenvalue weighted by molar-refractivity contribution is 0.102. The third kappa shape index (κ3) is 6.56. The van der Waals surface area contributed by atoms with E-state index < -0.39 is 6.09 Å². The first-order chi connectivity index (χ1) is 14.9. The summed E-state index contributed by atoms with van der Waals surface area (Å²) in [5, 5.41) is 9.44. The smallest absolute Gasteiger partial charge is 0.414 e. The number of pyridine rings is 1. The molecule has 2 amide bonds. The summed E-state index contributed by atoms with van der Waals surface area (Å²) in [7, 11) is 0. The number of carbonyl (C=O) groups excluding carboxylic acids is 2. The number of rotatable bonds is 8. The van der Waals surface area contributed by atoms with Crippen molar-refractivity contribution in [1.29, 1.82) is 0 Å². The number of hydrogen-bond acceptors (Lipinski definition) is 6. The highest BCUT2D eigenvalue weighted by atomic mass is 16.6. The molecule has 1 aromatic carbocycles. The topological polar surface area (TPSA) is 107 Å². The molecule has 0 fully saturated rings. The number of ether oxygens (including phenoxy) is 2. The second-order valence-corrected chi connectivity index (χ2v) is 7.09. The van der Waals surface area contributed by atoms with Crippen LogP contribution in [0, 0.1) is 6.92 Å². The summed E-state index contributed by atoms with van der Waals surface area (Å²) >= 11 is 0. The highest BCUT2D eigenvalue weighted by Gasteiger charge is 2.15. The molecule has 0 saturated heterocycles. The summed E-state index contributed by atoms with van der Waals surface area (Å²) < 4.78 is 12.6. The van der Waals surface area contributed by atoms with Crippen molar-refractivity contribution < 1.29 is 19.1 Å². The van der Waals surface area contributed by atoms with E-state index in [0.29, 0.717) is 30.1 Å². The van der Waals surface area contributed by atoms with Crippen LogP contribution in [-0.2, 0) is 6.54 Å². The van der Waals surface area contributed by atoms with E-state index in [9.17, 15) is 9.59 Å². The van der Waals surface area contributed by atoms with E-state index in [4.69, 9.17) is 9.47 Å². The minimum absolute atomic E-state index is 0.0582. The number of aryl methyl sites for hydroxylation is 1. The molecule has 0 unspecified atom stereocenters. The van der Waals surface area contributed by atoms with Crippen LogP contribution >= 0.6 is 0 Å². The average molecular weight is 423 g/mol. The van der Waals surface area contributed by atoms with Crippen LogP contribution in [0.3, 0.4) is 0 Å². The Kier molecular flexibility index (Phi) is 7.21. The third-order valence-corrected chi connectivity index (χ3v) is 4.11. The van der Waals surface area contributed by atoms with Crippen LogP contribution in [0.5, 0.6) is 11.6 Å². The molecule has 0 saturated carbocycles. The minimum Gasteiger partial charge on any atom is -0.490 e. The zero-order chi connectivity index (χ0) is 22.2. The highest BCUT2D eigenvalue weighted by Crippen LogP contribution is 2.23. The van der Waals surface area contributed by atoms with Gasteiger partial charge >= 0.3 is 6.09 Å². The predicted octanol–water partition coefficient (Wildman–Crippen LogP) is 3.41. The average Bonchev–Trinajstić information content (AvgIpc) is 3.22. The first-order valence-corrected chi connectivity index (χ1v) is 9.88. The van der Waals surface area contributed by atoms with Gasteiger partial charge in [-0.05, 0) is 50.6 Å².